The molecule has 1 aromatic rings. The lowest BCUT2D eigenvalue weighted by molar-refractivity contribution is 0.0258. The fourth-order valence-electron chi connectivity index (χ4n) is 2.34. The molecule has 1 unspecified atom stereocenters. The van der Waals surface area contributed by atoms with Crippen molar-refractivity contribution >= 4 is 29.9 Å². The molecule has 0 saturated heterocycles. The Balaban J connectivity index is 0.00000576. The number of hydrogen-bond donors (Lipinski definition) is 2. The van der Waals surface area contributed by atoms with Gasteiger partial charge in [0.05, 0.1) is 17.7 Å². The number of aliphatic imine (C=N–C) groups is 1. The summed E-state index contributed by atoms with van der Waals surface area (Å²) in [6.45, 7) is 7.94. The van der Waals surface area contributed by atoms with Gasteiger partial charge in [-0.1, -0.05) is 13.8 Å². The Kier molecular flexibility index (Phi) is 12.2. The number of nitrogens with zero attached hydrogens (tertiary/aromatic N) is 2. The van der Waals surface area contributed by atoms with Gasteiger partial charge in [0.2, 0.25) is 0 Å². The Morgan fingerprint density at radius 2 is 2.08 bits per heavy atom. The van der Waals surface area contributed by atoms with Crippen molar-refractivity contribution in [3.8, 4) is 6.07 Å². The summed E-state index contributed by atoms with van der Waals surface area (Å²) >= 11 is 0. The third-order valence-electron chi connectivity index (χ3n) is 3.69. The lowest BCUT2D eigenvalue weighted by atomic mass is 10.0. The molecule has 5 nitrogen and oxygen atoms in total. The molecule has 1 aromatic carbocycles. The van der Waals surface area contributed by atoms with E-state index in [0.29, 0.717) is 36.2 Å². The molecule has 2 N–H and O–H groups in total. The van der Waals surface area contributed by atoms with E-state index in [9.17, 15) is 4.39 Å². The van der Waals surface area contributed by atoms with Crippen LogP contribution in [-0.4, -0.2) is 32.3 Å². The second kappa shape index (κ2) is 12.9. The summed E-state index contributed by atoms with van der Waals surface area (Å²) in [6.07, 6.45) is 1.06. The maximum Gasteiger partial charge on any atom is 0.191 e. The second-order valence-corrected chi connectivity index (χ2v) is 5.80. The smallest absolute Gasteiger partial charge is 0.191 e. The highest BCUT2D eigenvalue weighted by Crippen LogP contribution is 2.11. The number of hydrogen-bond acceptors (Lipinski definition) is 3. The molecule has 0 heterocycles. The molecule has 7 heteroatoms. The minimum atomic E-state index is -0.340. The van der Waals surface area contributed by atoms with Crippen LogP contribution in [0.1, 0.15) is 38.3 Å². The minimum absolute atomic E-state index is 0. The summed E-state index contributed by atoms with van der Waals surface area (Å²) in [5.41, 5.74) is 0.874. The van der Waals surface area contributed by atoms with Gasteiger partial charge in [0, 0.05) is 32.3 Å². The summed E-state index contributed by atoms with van der Waals surface area (Å²) in [7, 11) is 1.67. The van der Waals surface area contributed by atoms with Gasteiger partial charge in [0.25, 0.3) is 0 Å². The molecule has 25 heavy (non-hydrogen) atoms. The van der Waals surface area contributed by atoms with Crippen LogP contribution in [0.4, 0.5) is 4.39 Å². The number of benzene rings is 1. The summed E-state index contributed by atoms with van der Waals surface area (Å²) in [5.74, 6) is 0.702. The first-order chi connectivity index (χ1) is 11.5. The molecular weight excluding hydrogens is 434 g/mol. The Bertz CT molecular complexity index is 587. The normalized spacial score (nSPS) is 12.3. The molecular formula is C18H28FIN4O. The summed E-state index contributed by atoms with van der Waals surface area (Å²) in [6, 6.07) is 6.32. The molecule has 1 rings (SSSR count). The van der Waals surface area contributed by atoms with Crippen molar-refractivity contribution in [2.45, 2.75) is 39.8 Å². The molecule has 0 aliphatic heterocycles. The molecule has 0 aliphatic rings. The molecule has 1 atom stereocenters. The molecule has 0 bridgehead atoms. The van der Waals surface area contributed by atoms with Gasteiger partial charge in [-0.15, -0.1) is 24.0 Å². The third kappa shape index (κ3) is 8.50. The average Bonchev–Trinajstić information content (AvgIpc) is 2.58. The standard InChI is InChI=1S/C18H27FN4O.HI/c1-5-24-17(13(2)3)8-9-22-18(21-4)23-12-15-10-14(11-20)6-7-16(15)19;/h6-7,10,13,17H,5,8-9,12H2,1-4H3,(H2,21,22,23);1H. The highest BCUT2D eigenvalue weighted by Gasteiger charge is 2.13. The van der Waals surface area contributed by atoms with Crippen molar-refractivity contribution in [2.24, 2.45) is 10.9 Å². The van der Waals surface area contributed by atoms with Gasteiger partial charge in [-0.2, -0.15) is 5.26 Å². The Morgan fingerprint density at radius 1 is 1.36 bits per heavy atom. The van der Waals surface area contributed by atoms with Gasteiger partial charge in [-0.05, 0) is 37.5 Å². The van der Waals surface area contributed by atoms with Crippen LogP contribution in [0.25, 0.3) is 0 Å². The van der Waals surface area contributed by atoms with Gasteiger partial charge >= 0.3 is 0 Å². The predicted molar refractivity (Wildman–Crippen MR) is 110 cm³/mol. The maximum absolute atomic E-state index is 13.8. The van der Waals surface area contributed by atoms with E-state index >= 15 is 0 Å². The maximum atomic E-state index is 13.8. The summed E-state index contributed by atoms with van der Waals surface area (Å²) in [4.78, 5) is 4.13. The van der Waals surface area contributed by atoms with E-state index in [0.717, 1.165) is 6.42 Å². The molecule has 0 fully saturated rings. The summed E-state index contributed by atoms with van der Waals surface area (Å²) < 4.78 is 19.5. The predicted octanol–water partition coefficient (Wildman–Crippen LogP) is 3.43. The van der Waals surface area contributed by atoms with Crippen LogP contribution in [-0.2, 0) is 11.3 Å². The van der Waals surface area contributed by atoms with Crippen LogP contribution in [0.3, 0.4) is 0 Å². The zero-order chi connectivity index (χ0) is 17.9. The number of nitriles is 1. The van der Waals surface area contributed by atoms with Crippen LogP contribution in [0.5, 0.6) is 0 Å². The lowest BCUT2D eigenvalue weighted by Crippen LogP contribution is -2.39. The van der Waals surface area contributed by atoms with Crippen LogP contribution >= 0.6 is 24.0 Å². The zero-order valence-corrected chi connectivity index (χ0v) is 17.6. The van der Waals surface area contributed by atoms with Crippen LogP contribution in [0.2, 0.25) is 0 Å². The van der Waals surface area contributed by atoms with E-state index < -0.39 is 0 Å². The quantitative estimate of drug-likeness (QED) is 0.353. The first kappa shape index (κ1) is 23.6. The molecule has 0 saturated carbocycles. The van der Waals surface area contributed by atoms with Crippen molar-refractivity contribution in [3.63, 3.8) is 0 Å². The summed E-state index contributed by atoms with van der Waals surface area (Å²) in [5, 5.41) is 15.2. The lowest BCUT2D eigenvalue weighted by Gasteiger charge is -2.21. The van der Waals surface area contributed by atoms with Crippen molar-refractivity contribution in [2.75, 3.05) is 20.2 Å². The fraction of sp³-hybridized carbons (Fsp3) is 0.556. The van der Waals surface area contributed by atoms with Crippen molar-refractivity contribution in [3.05, 3.63) is 35.1 Å². The van der Waals surface area contributed by atoms with Crippen LogP contribution in [0, 0.1) is 23.1 Å². The van der Waals surface area contributed by atoms with Gasteiger partial charge in [-0.25, -0.2) is 4.39 Å². The van der Waals surface area contributed by atoms with E-state index in [2.05, 4.69) is 29.5 Å². The van der Waals surface area contributed by atoms with Crippen molar-refractivity contribution in [1.82, 2.24) is 10.6 Å². The molecule has 0 aliphatic carbocycles. The number of guanidine groups is 1. The van der Waals surface area contributed by atoms with Crippen LogP contribution < -0.4 is 10.6 Å². The third-order valence-corrected chi connectivity index (χ3v) is 3.69. The highest BCUT2D eigenvalue weighted by molar-refractivity contribution is 14.0. The van der Waals surface area contributed by atoms with E-state index in [1.165, 1.54) is 12.1 Å². The number of nitrogens with one attached hydrogen (secondary N) is 2. The van der Waals surface area contributed by atoms with E-state index in [1.54, 1.807) is 13.1 Å². The van der Waals surface area contributed by atoms with E-state index in [-0.39, 0.29) is 42.4 Å². The molecule has 0 aromatic heterocycles. The number of ether oxygens (including phenoxy) is 1. The number of halogens is 2. The first-order valence-electron chi connectivity index (χ1n) is 8.26. The molecule has 0 amide bonds. The minimum Gasteiger partial charge on any atom is -0.378 e. The number of rotatable bonds is 8. The average molecular weight is 462 g/mol. The molecule has 0 radical (unpaired) electrons. The Labute approximate surface area is 167 Å². The van der Waals surface area contributed by atoms with Crippen molar-refractivity contribution in [1.29, 1.82) is 5.26 Å². The second-order valence-electron chi connectivity index (χ2n) is 5.80. The zero-order valence-electron chi connectivity index (χ0n) is 15.3. The molecule has 0 spiro atoms. The first-order valence-corrected chi connectivity index (χ1v) is 8.26. The Hall–Kier alpha value is -1.40. The van der Waals surface area contributed by atoms with Gasteiger partial charge in [-0.3, -0.25) is 4.99 Å². The largest absolute Gasteiger partial charge is 0.378 e. The van der Waals surface area contributed by atoms with Gasteiger partial charge in [0.1, 0.15) is 5.82 Å². The monoisotopic (exact) mass is 462 g/mol. The van der Waals surface area contributed by atoms with Crippen molar-refractivity contribution < 1.29 is 9.13 Å². The van der Waals surface area contributed by atoms with Gasteiger partial charge in [0.15, 0.2) is 5.96 Å². The van der Waals surface area contributed by atoms with Crippen LogP contribution in [0.15, 0.2) is 23.2 Å². The van der Waals surface area contributed by atoms with E-state index in [4.69, 9.17) is 10.00 Å². The van der Waals surface area contributed by atoms with E-state index in [1.807, 2.05) is 13.0 Å². The highest BCUT2D eigenvalue weighted by atomic mass is 127. The van der Waals surface area contributed by atoms with Gasteiger partial charge < -0.3 is 15.4 Å². The topological polar surface area (TPSA) is 69.4 Å². The molecule has 140 valence electrons. The Morgan fingerprint density at radius 3 is 2.64 bits per heavy atom. The fourth-order valence-corrected chi connectivity index (χ4v) is 2.34. The SMILES string of the molecule is CCOC(CCNC(=NC)NCc1cc(C#N)ccc1F)C(C)C.I.